The summed E-state index contributed by atoms with van der Waals surface area (Å²) < 4.78 is 0. The molecule has 1 unspecified atom stereocenters. The highest BCUT2D eigenvalue weighted by molar-refractivity contribution is 8.13. The number of fused-ring (bicyclic) bond motifs is 2. The maximum absolute atomic E-state index is 13.2. The number of nitrogens with one attached hydrogen (secondary N) is 1. The van der Waals surface area contributed by atoms with Gasteiger partial charge in [-0.05, 0) is 29.8 Å². The third-order valence-electron chi connectivity index (χ3n) is 5.09. The fourth-order valence-corrected chi connectivity index (χ4v) is 4.72. The quantitative estimate of drug-likeness (QED) is 0.595. The number of para-hydroxylation sites is 1. The van der Waals surface area contributed by atoms with Crippen molar-refractivity contribution < 1.29 is 9.90 Å². The fourth-order valence-electron chi connectivity index (χ4n) is 3.56. The molecule has 2 N–H and O–H groups in total. The van der Waals surface area contributed by atoms with Crippen molar-refractivity contribution in [3.05, 3.63) is 98.5 Å². The predicted molar refractivity (Wildman–Crippen MR) is 127 cm³/mol. The number of aromatic hydroxyl groups is 1. The number of amidine groups is 1. The lowest BCUT2D eigenvalue weighted by Crippen LogP contribution is -2.50. The molecule has 0 radical (unpaired) electrons. The number of carbonyl (C=O) groups is 1. The van der Waals surface area contributed by atoms with Gasteiger partial charge in [0.2, 0.25) is 0 Å². The Morgan fingerprint density at radius 2 is 1.81 bits per heavy atom. The first-order chi connectivity index (χ1) is 15.5. The molecule has 5 rings (SSSR count). The molecule has 3 aromatic rings. The van der Waals surface area contributed by atoms with Crippen LogP contribution in [0.3, 0.4) is 0 Å². The van der Waals surface area contributed by atoms with Crippen molar-refractivity contribution in [3.63, 3.8) is 0 Å². The van der Waals surface area contributed by atoms with E-state index in [-0.39, 0.29) is 16.7 Å². The summed E-state index contributed by atoms with van der Waals surface area (Å²) in [4.78, 5) is 18.0. The summed E-state index contributed by atoms with van der Waals surface area (Å²) in [5.74, 6) is 0.273. The normalized spacial score (nSPS) is 17.1. The monoisotopic (exact) mass is 482 g/mol. The highest BCUT2D eigenvalue weighted by atomic mass is 35.5. The first-order valence-corrected chi connectivity index (χ1v) is 11.5. The number of hydrogen-bond donors (Lipinski definition) is 2. The molecule has 0 aromatic heterocycles. The van der Waals surface area contributed by atoms with Gasteiger partial charge in [-0.1, -0.05) is 77.4 Å². The van der Waals surface area contributed by atoms with Crippen molar-refractivity contribution in [2.24, 2.45) is 10.1 Å². The summed E-state index contributed by atoms with van der Waals surface area (Å²) in [6.07, 6.45) is -0.698. The van der Waals surface area contributed by atoms with Gasteiger partial charge < -0.3 is 5.11 Å². The summed E-state index contributed by atoms with van der Waals surface area (Å²) >= 11 is 13.8. The standard InChI is InChI=1S/C23H16Cl2N4O2S/c24-14-10-8-13(9-11-14)12-32-23-27-22(31)20-15-4-1-2-6-17(15)26-21(29(20)28-23)16-5-3-7-18(30)19(16)25/h1-11,21,30H,12H2,(H,27,28,31). The van der Waals surface area contributed by atoms with E-state index in [4.69, 9.17) is 33.3 Å². The zero-order valence-corrected chi connectivity index (χ0v) is 18.8. The van der Waals surface area contributed by atoms with Gasteiger partial charge in [-0.3, -0.25) is 15.1 Å². The Morgan fingerprint density at radius 1 is 1.03 bits per heavy atom. The highest BCUT2D eigenvalue weighted by Crippen LogP contribution is 2.37. The number of thioether (sulfide) groups is 1. The Bertz CT molecular complexity index is 1380. The molecule has 6 nitrogen and oxygen atoms in total. The van der Waals surface area contributed by atoms with Gasteiger partial charge >= 0.3 is 0 Å². The Labute approximate surface area is 197 Å². The number of hydrogen-bond acceptors (Lipinski definition) is 6. The van der Waals surface area contributed by atoms with Crippen LogP contribution in [0.25, 0.3) is 5.70 Å². The van der Waals surface area contributed by atoms with E-state index in [9.17, 15) is 9.90 Å². The third-order valence-corrected chi connectivity index (χ3v) is 6.69. The lowest BCUT2D eigenvalue weighted by Gasteiger charge is -2.34. The SMILES string of the molecule is O=C1NC(SCc2ccc(Cl)cc2)=NN2C1=c1ccccc1=NC2c1cccc(O)c1Cl. The number of halogens is 2. The lowest BCUT2D eigenvalue weighted by atomic mass is 10.1. The van der Waals surface area contributed by atoms with Crippen molar-refractivity contribution >= 4 is 51.7 Å². The number of rotatable bonds is 3. The van der Waals surface area contributed by atoms with Gasteiger partial charge in [0.15, 0.2) is 11.3 Å². The minimum Gasteiger partial charge on any atom is -0.506 e. The van der Waals surface area contributed by atoms with Gasteiger partial charge in [-0.25, -0.2) is 5.01 Å². The molecule has 0 fully saturated rings. The molecule has 9 heteroatoms. The first-order valence-electron chi connectivity index (χ1n) is 9.72. The van der Waals surface area contributed by atoms with Crippen molar-refractivity contribution in [3.8, 4) is 5.75 Å². The molecular weight excluding hydrogens is 467 g/mol. The van der Waals surface area contributed by atoms with E-state index in [0.29, 0.717) is 37.8 Å². The van der Waals surface area contributed by atoms with Crippen molar-refractivity contribution in [1.29, 1.82) is 0 Å². The second-order valence-electron chi connectivity index (χ2n) is 7.17. The van der Waals surface area contributed by atoms with Gasteiger partial charge in [0.05, 0.1) is 10.4 Å². The maximum atomic E-state index is 13.2. The molecule has 0 bridgehead atoms. The van der Waals surface area contributed by atoms with E-state index >= 15 is 0 Å². The third kappa shape index (κ3) is 3.83. The van der Waals surface area contributed by atoms with E-state index in [0.717, 1.165) is 5.56 Å². The number of phenols is 1. The van der Waals surface area contributed by atoms with E-state index in [1.54, 1.807) is 17.1 Å². The number of hydrazone groups is 1. The Kier molecular flexibility index (Phi) is 5.55. The number of phenolic OH excluding ortho intramolecular Hbond substituents is 1. The van der Waals surface area contributed by atoms with Gasteiger partial charge in [-0.2, -0.15) is 0 Å². The molecule has 2 heterocycles. The number of nitrogens with zero attached hydrogens (tertiary/aromatic N) is 3. The van der Waals surface area contributed by atoms with Crippen molar-refractivity contribution in [2.75, 3.05) is 0 Å². The summed E-state index contributed by atoms with van der Waals surface area (Å²) in [5, 5.41) is 21.9. The average molecular weight is 483 g/mol. The molecule has 1 atom stereocenters. The van der Waals surface area contributed by atoms with Gasteiger partial charge in [0.25, 0.3) is 5.91 Å². The van der Waals surface area contributed by atoms with Crippen LogP contribution in [0.15, 0.2) is 76.8 Å². The molecule has 160 valence electrons. The Balaban J connectivity index is 1.58. The molecule has 0 saturated heterocycles. The molecule has 2 aliphatic rings. The van der Waals surface area contributed by atoms with Crippen LogP contribution in [0.2, 0.25) is 10.0 Å². The molecule has 0 saturated carbocycles. The molecule has 1 amide bonds. The predicted octanol–water partition coefficient (Wildman–Crippen LogP) is 3.78. The van der Waals surface area contributed by atoms with Crippen LogP contribution >= 0.6 is 35.0 Å². The smallest absolute Gasteiger partial charge is 0.276 e. The molecule has 2 aliphatic heterocycles. The second kappa shape index (κ2) is 8.50. The summed E-state index contributed by atoms with van der Waals surface area (Å²) in [7, 11) is 0. The highest BCUT2D eigenvalue weighted by Gasteiger charge is 2.35. The van der Waals surface area contributed by atoms with E-state index < -0.39 is 6.17 Å². The summed E-state index contributed by atoms with van der Waals surface area (Å²) in [5.41, 5.74) is 1.99. The molecule has 32 heavy (non-hydrogen) atoms. The average Bonchev–Trinajstić information content (AvgIpc) is 2.80. The maximum Gasteiger partial charge on any atom is 0.276 e. The van der Waals surface area contributed by atoms with Crippen LogP contribution in [0.4, 0.5) is 0 Å². The van der Waals surface area contributed by atoms with Crippen LogP contribution in [-0.2, 0) is 10.5 Å². The van der Waals surface area contributed by atoms with Crippen LogP contribution in [0, 0.1) is 0 Å². The molecule has 3 aromatic carbocycles. The molecule has 0 aliphatic carbocycles. The fraction of sp³-hybridized carbons (Fsp3) is 0.0870. The Hall–Kier alpha value is -3.00. The number of carbonyl (C=O) groups excluding carboxylic acids is 1. The molecular formula is C23H16Cl2N4O2S. The zero-order valence-electron chi connectivity index (χ0n) is 16.5. The zero-order chi connectivity index (χ0) is 22.2. The van der Waals surface area contributed by atoms with Gasteiger partial charge in [-0.15, -0.1) is 5.10 Å². The summed E-state index contributed by atoms with van der Waals surface area (Å²) in [6.45, 7) is 0. The van der Waals surface area contributed by atoms with Crippen LogP contribution in [0.5, 0.6) is 5.75 Å². The number of amides is 1. The van der Waals surface area contributed by atoms with Crippen LogP contribution in [-0.4, -0.2) is 21.2 Å². The second-order valence-corrected chi connectivity index (χ2v) is 8.95. The minimum atomic E-state index is -0.698. The topological polar surface area (TPSA) is 77.3 Å². The molecule has 0 spiro atoms. The van der Waals surface area contributed by atoms with Gasteiger partial charge in [0.1, 0.15) is 11.4 Å². The number of benzene rings is 3. The van der Waals surface area contributed by atoms with Crippen LogP contribution in [0.1, 0.15) is 17.3 Å². The largest absolute Gasteiger partial charge is 0.506 e. The Morgan fingerprint density at radius 3 is 2.62 bits per heavy atom. The first kappa shape index (κ1) is 20.9. The lowest BCUT2D eigenvalue weighted by molar-refractivity contribution is -0.116. The van der Waals surface area contributed by atoms with Gasteiger partial charge in [0, 0.05) is 21.6 Å². The minimum absolute atomic E-state index is 0.0532. The van der Waals surface area contributed by atoms with Crippen molar-refractivity contribution in [2.45, 2.75) is 11.9 Å². The van der Waals surface area contributed by atoms with E-state index in [1.165, 1.54) is 17.8 Å². The van der Waals surface area contributed by atoms with E-state index in [1.807, 2.05) is 48.5 Å². The van der Waals surface area contributed by atoms with E-state index in [2.05, 4.69) is 5.32 Å². The summed E-state index contributed by atoms with van der Waals surface area (Å²) in [6, 6.07) is 19.9. The van der Waals surface area contributed by atoms with Crippen molar-refractivity contribution in [1.82, 2.24) is 10.3 Å². The van der Waals surface area contributed by atoms with Crippen LogP contribution < -0.4 is 15.9 Å².